The van der Waals surface area contributed by atoms with Crippen LogP contribution in [0.2, 0.25) is 0 Å². The molecule has 0 spiro atoms. The van der Waals surface area contributed by atoms with Gasteiger partial charge in [0.05, 0.1) is 6.10 Å². The van der Waals surface area contributed by atoms with Gasteiger partial charge in [-0.15, -0.1) is 0 Å². The van der Waals surface area contributed by atoms with Crippen LogP contribution >= 0.6 is 0 Å². The summed E-state index contributed by atoms with van der Waals surface area (Å²) in [7, 11) is 0. The van der Waals surface area contributed by atoms with Crippen LogP contribution in [0, 0.1) is 0 Å². The summed E-state index contributed by atoms with van der Waals surface area (Å²) >= 11 is 0. The van der Waals surface area contributed by atoms with Crippen LogP contribution < -0.4 is 10.6 Å². The largest absolute Gasteiger partial charge is 0.378 e. The van der Waals surface area contributed by atoms with E-state index in [0.29, 0.717) is 17.8 Å². The van der Waals surface area contributed by atoms with Crippen LogP contribution in [-0.2, 0) is 9.53 Å². The average Bonchev–Trinajstić information content (AvgIpc) is 2.91. The highest BCUT2D eigenvalue weighted by Gasteiger charge is 2.15. The lowest BCUT2D eigenvalue weighted by Gasteiger charge is -2.10. The number of carbonyl (C=O) groups is 2. The van der Waals surface area contributed by atoms with E-state index in [0.717, 1.165) is 25.9 Å². The second-order valence-electron chi connectivity index (χ2n) is 4.94. The first-order valence-corrected chi connectivity index (χ1v) is 6.92. The Balaban J connectivity index is 1.83. The van der Waals surface area contributed by atoms with Gasteiger partial charge >= 0.3 is 0 Å². The predicted molar refractivity (Wildman–Crippen MR) is 76.7 cm³/mol. The summed E-state index contributed by atoms with van der Waals surface area (Å²) in [6.07, 6.45) is 3.31. The van der Waals surface area contributed by atoms with Crippen molar-refractivity contribution in [2.24, 2.45) is 0 Å². The van der Waals surface area contributed by atoms with Crippen LogP contribution in [0.3, 0.4) is 0 Å². The zero-order valence-corrected chi connectivity index (χ0v) is 11.6. The summed E-state index contributed by atoms with van der Waals surface area (Å²) in [5.74, 6) is -0.281. The van der Waals surface area contributed by atoms with Gasteiger partial charge in [-0.1, -0.05) is 6.07 Å². The highest BCUT2D eigenvalue weighted by molar-refractivity contribution is 5.96. The number of amides is 2. The number of ether oxygens (including phenoxy) is 1. The molecule has 2 amide bonds. The minimum absolute atomic E-state index is 0.129. The molecule has 5 heteroatoms. The normalized spacial score (nSPS) is 17.8. The van der Waals surface area contributed by atoms with Crippen molar-refractivity contribution in [2.75, 3.05) is 18.5 Å². The molecule has 2 rings (SSSR count). The summed E-state index contributed by atoms with van der Waals surface area (Å²) in [6, 6.07) is 6.90. The van der Waals surface area contributed by atoms with E-state index in [-0.39, 0.29) is 17.9 Å². The number of benzene rings is 1. The molecule has 1 unspecified atom stereocenters. The number of nitrogens with one attached hydrogen (secondary N) is 2. The lowest BCUT2D eigenvalue weighted by molar-refractivity contribution is -0.114. The molecule has 0 aliphatic carbocycles. The highest BCUT2D eigenvalue weighted by Crippen LogP contribution is 2.15. The monoisotopic (exact) mass is 276 g/mol. The van der Waals surface area contributed by atoms with E-state index in [4.69, 9.17) is 4.74 Å². The molecule has 5 nitrogen and oxygen atoms in total. The van der Waals surface area contributed by atoms with Gasteiger partial charge in [-0.05, 0) is 37.5 Å². The first-order valence-electron chi connectivity index (χ1n) is 6.92. The van der Waals surface area contributed by atoms with E-state index in [1.165, 1.54) is 6.92 Å². The van der Waals surface area contributed by atoms with Crippen LogP contribution in [0.5, 0.6) is 0 Å². The standard InChI is InChI=1S/C15H20N2O3/c1-11(18)17-13-5-2-4-12(10-13)15(19)16-8-7-14-6-3-9-20-14/h2,4-5,10,14H,3,6-9H2,1H3,(H,16,19)(H,17,18). The van der Waals surface area contributed by atoms with Crippen molar-refractivity contribution in [3.05, 3.63) is 29.8 Å². The van der Waals surface area contributed by atoms with Gasteiger partial charge in [-0.3, -0.25) is 9.59 Å². The van der Waals surface area contributed by atoms with Gasteiger partial charge in [-0.2, -0.15) is 0 Å². The topological polar surface area (TPSA) is 67.4 Å². The molecular weight excluding hydrogens is 256 g/mol. The fourth-order valence-corrected chi connectivity index (χ4v) is 2.26. The Morgan fingerprint density at radius 1 is 1.40 bits per heavy atom. The van der Waals surface area contributed by atoms with Crippen molar-refractivity contribution >= 4 is 17.5 Å². The second kappa shape index (κ2) is 7.05. The maximum atomic E-state index is 12.0. The minimum Gasteiger partial charge on any atom is -0.378 e. The van der Waals surface area contributed by atoms with E-state index in [1.54, 1.807) is 24.3 Å². The molecule has 2 N–H and O–H groups in total. The summed E-state index contributed by atoms with van der Waals surface area (Å²) in [5, 5.41) is 5.54. The van der Waals surface area contributed by atoms with E-state index in [1.807, 2.05) is 0 Å². The Kier molecular flexibility index (Phi) is 5.12. The van der Waals surface area contributed by atoms with Crippen LogP contribution in [0.15, 0.2) is 24.3 Å². The van der Waals surface area contributed by atoms with Crippen molar-refractivity contribution in [2.45, 2.75) is 32.3 Å². The fourth-order valence-electron chi connectivity index (χ4n) is 2.26. The lowest BCUT2D eigenvalue weighted by Crippen LogP contribution is -2.27. The maximum absolute atomic E-state index is 12.0. The van der Waals surface area contributed by atoms with E-state index >= 15 is 0 Å². The van der Waals surface area contributed by atoms with Crippen LogP contribution in [0.4, 0.5) is 5.69 Å². The second-order valence-corrected chi connectivity index (χ2v) is 4.94. The Morgan fingerprint density at radius 3 is 2.95 bits per heavy atom. The Bertz CT molecular complexity index is 482. The third-order valence-electron chi connectivity index (χ3n) is 3.22. The van der Waals surface area contributed by atoms with Crippen molar-refractivity contribution in [3.63, 3.8) is 0 Å². The molecule has 0 radical (unpaired) electrons. The molecule has 0 saturated carbocycles. The lowest BCUT2D eigenvalue weighted by atomic mass is 10.1. The van der Waals surface area contributed by atoms with Gasteiger partial charge in [0.15, 0.2) is 0 Å². The first kappa shape index (κ1) is 14.5. The molecule has 1 fully saturated rings. The molecule has 108 valence electrons. The summed E-state index contributed by atoms with van der Waals surface area (Å²) in [4.78, 5) is 23.0. The number of rotatable bonds is 5. The molecule has 1 saturated heterocycles. The Hall–Kier alpha value is -1.88. The zero-order chi connectivity index (χ0) is 14.4. The van der Waals surface area contributed by atoms with E-state index < -0.39 is 0 Å². The Labute approximate surface area is 118 Å². The summed E-state index contributed by atoms with van der Waals surface area (Å²) < 4.78 is 5.50. The van der Waals surface area contributed by atoms with E-state index in [9.17, 15) is 9.59 Å². The quantitative estimate of drug-likeness (QED) is 0.863. The zero-order valence-electron chi connectivity index (χ0n) is 11.6. The van der Waals surface area contributed by atoms with Crippen LogP contribution in [-0.4, -0.2) is 31.1 Å². The van der Waals surface area contributed by atoms with Crippen LogP contribution in [0.25, 0.3) is 0 Å². The smallest absolute Gasteiger partial charge is 0.251 e. The molecule has 0 bridgehead atoms. The molecule has 1 aromatic rings. The number of anilines is 1. The van der Waals surface area contributed by atoms with Crippen molar-refractivity contribution < 1.29 is 14.3 Å². The van der Waals surface area contributed by atoms with Crippen molar-refractivity contribution in [1.29, 1.82) is 0 Å². The Morgan fingerprint density at radius 2 is 2.25 bits per heavy atom. The molecule has 1 heterocycles. The van der Waals surface area contributed by atoms with Crippen LogP contribution in [0.1, 0.15) is 36.5 Å². The molecule has 20 heavy (non-hydrogen) atoms. The fraction of sp³-hybridized carbons (Fsp3) is 0.467. The molecule has 1 aromatic carbocycles. The number of carbonyl (C=O) groups excluding carboxylic acids is 2. The molecule has 1 aliphatic heterocycles. The third-order valence-corrected chi connectivity index (χ3v) is 3.22. The molecule has 1 aliphatic rings. The van der Waals surface area contributed by atoms with E-state index in [2.05, 4.69) is 10.6 Å². The van der Waals surface area contributed by atoms with Crippen molar-refractivity contribution in [1.82, 2.24) is 5.32 Å². The SMILES string of the molecule is CC(=O)Nc1cccc(C(=O)NCCC2CCCO2)c1. The number of hydrogen-bond donors (Lipinski definition) is 2. The highest BCUT2D eigenvalue weighted by atomic mass is 16.5. The summed E-state index contributed by atoms with van der Waals surface area (Å²) in [5.41, 5.74) is 1.17. The van der Waals surface area contributed by atoms with Gasteiger partial charge in [0.2, 0.25) is 5.91 Å². The molecule has 0 aromatic heterocycles. The van der Waals surface area contributed by atoms with Gasteiger partial charge in [0, 0.05) is 31.3 Å². The first-order chi connectivity index (χ1) is 9.65. The van der Waals surface area contributed by atoms with Gasteiger partial charge in [-0.25, -0.2) is 0 Å². The van der Waals surface area contributed by atoms with Gasteiger partial charge in [0.1, 0.15) is 0 Å². The molecule has 1 atom stereocenters. The minimum atomic E-state index is -0.152. The van der Waals surface area contributed by atoms with Gasteiger partial charge in [0.25, 0.3) is 5.91 Å². The molecular formula is C15H20N2O3. The maximum Gasteiger partial charge on any atom is 0.251 e. The summed E-state index contributed by atoms with van der Waals surface area (Å²) in [6.45, 7) is 2.87. The van der Waals surface area contributed by atoms with Gasteiger partial charge < -0.3 is 15.4 Å². The third kappa shape index (κ3) is 4.35. The van der Waals surface area contributed by atoms with Crippen molar-refractivity contribution in [3.8, 4) is 0 Å². The number of hydrogen-bond acceptors (Lipinski definition) is 3. The predicted octanol–water partition coefficient (Wildman–Crippen LogP) is 1.94. The average molecular weight is 276 g/mol.